The van der Waals surface area contributed by atoms with E-state index < -0.39 is 0 Å². The summed E-state index contributed by atoms with van der Waals surface area (Å²) < 4.78 is 24.2. The number of nitrogens with zero attached hydrogens (tertiary/aromatic N) is 1. The summed E-state index contributed by atoms with van der Waals surface area (Å²) in [6.45, 7) is 1.89. The fraction of sp³-hybridized carbons (Fsp3) is 0.350. The third-order valence-corrected chi connectivity index (χ3v) is 4.63. The Kier molecular flexibility index (Phi) is 5.73. The van der Waals surface area contributed by atoms with Crippen LogP contribution in [0.2, 0.25) is 0 Å². The van der Waals surface area contributed by atoms with Crippen molar-refractivity contribution in [1.82, 2.24) is 10.2 Å². The van der Waals surface area contributed by atoms with Gasteiger partial charge in [-0.15, -0.1) is 0 Å². The molecule has 0 aromatic heterocycles. The van der Waals surface area contributed by atoms with E-state index in [2.05, 4.69) is 5.32 Å². The van der Waals surface area contributed by atoms with Crippen LogP contribution in [0.4, 0.5) is 4.39 Å². The molecule has 26 heavy (non-hydrogen) atoms. The second kappa shape index (κ2) is 8.19. The van der Waals surface area contributed by atoms with Crippen molar-refractivity contribution in [2.75, 3.05) is 33.9 Å². The topological polar surface area (TPSA) is 50.8 Å². The van der Waals surface area contributed by atoms with Crippen LogP contribution < -0.4 is 14.8 Å². The predicted molar refractivity (Wildman–Crippen MR) is 97.0 cm³/mol. The maximum Gasteiger partial charge on any atom is 0.227 e. The molecule has 1 amide bonds. The van der Waals surface area contributed by atoms with Crippen LogP contribution in [0.5, 0.6) is 11.5 Å². The van der Waals surface area contributed by atoms with Gasteiger partial charge in [0.1, 0.15) is 17.3 Å². The molecule has 1 saturated heterocycles. The zero-order valence-corrected chi connectivity index (χ0v) is 15.0. The summed E-state index contributed by atoms with van der Waals surface area (Å²) >= 11 is 0. The van der Waals surface area contributed by atoms with E-state index in [-0.39, 0.29) is 24.2 Å². The van der Waals surface area contributed by atoms with Crippen LogP contribution in [-0.4, -0.2) is 44.7 Å². The molecule has 1 atom stereocenters. The number of piperazine rings is 1. The monoisotopic (exact) mass is 358 g/mol. The maximum atomic E-state index is 13.6. The smallest absolute Gasteiger partial charge is 0.227 e. The van der Waals surface area contributed by atoms with E-state index in [0.29, 0.717) is 31.1 Å². The minimum Gasteiger partial charge on any atom is -0.497 e. The van der Waals surface area contributed by atoms with Crippen LogP contribution in [0, 0.1) is 5.82 Å². The highest BCUT2D eigenvalue weighted by atomic mass is 19.1. The van der Waals surface area contributed by atoms with E-state index in [1.807, 2.05) is 17.0 Å². The SMILES string of the molecule is COc1ccc(OC)c(CC(=O)N2CCNCC2c2cccc(F)c2)c1. The first-order valence-electron chi connectivity index (χ1n) is 8.59. The van der Waals surface area contributed by atoms with Gasteiger partial charge in [0.05, 0.1) is 26.7 Å². The number of halogens is 1. The normalized spacial score (nSPS) is 17.0. The predicted octanol–water partition coefficient (Wildman–Crippen LogP) is 2.56. The first-order chi connectivity index (χ1) is 12.6. The van der Waals surface area contributed by atoms with E-state index in [9.17, 15) is 9.18 Å². The Labute approximate surface area is 152 Å². The molecule has 5 nitrogen and oxygen atoms in total. The van der Waals surface area contributed by atoms with Gasteiger partial charge in [0.2, 0.25) is 5.91 Å². The van der Waals surface area contributed by atoms with Gasteiger partial charge in [-0.2, -0.15) is 0 Å². The molecule has 0 radical (unpaired) electrons. The second-order valence-corrected chi connectivity index (χ2v) is 6.22. The highest BCUT2D eigenvalue weighted by molar-refractivity contribution is 5.80. The quantitative estimate of drug-likeness (QED) is 0.893. The van der Waals surface area contributed by atoms with E-state index in [1.54, 1.807) is 32.4 Å². The third kappa shape index (κ3) is 3.96. The van der Waals surface area contributed by atoms with Gasteiger partial charge in [0.25, 0.3) is 0 Å². The van der Waals surface area contributed by atoms with Crippen molar-refractivity contribution in [2.45, 2.75) is 12.5 Å². The minimum atomic E-state index is -0.296. The standard InChI is InChI=1S/C20H23FN2O3/c1-25-17-6-7-19(26-2)15(11-17)12-20(24)23-9-8-22-13-18(23)14-4-3-5-16(21)10-14/h3-7,10-11,18,22H,8-9,12-13H2,1-2H3. The Morgan fingerprint density at radius 3 is 2.81 bits per heavy atom. The average molecular weight is 358 g/mol. The zero-order valence-electron chi connectivity index (χ0n) is 15.0. The molecule has 1 fully saturated rings. The second-order valence-electron chi connectivity index (χ2n) is 6.22. The number of benzene rings is 2. The number of ether oxygens (including phenoxy) is 2. The summed E-state index contributed by atoms with van der Waals surface area (Å²) in [6.07, 6.45) is 0.201. The lowest BCUT2D eigenvalue weighted by atomic mass is 10.0. The van der Waals surface area contributed by atoms with Gasteiger partial charge < -0.3 is 19.7 Å². The molecule has 138 valence electrons. The lowest BCUT2D eigenvalue weighted by Crippen LogP contribution is -2.49. The summed E-state index contributed by atoms with van der Waals surface area (Å²) in [7, 11) is 3.17. The molecular formula is C20H23FN2O3. The highest BCUT2D eigenvalue weighted by Gasteiger charge is 2.28. The number of amides is 1. The third-order valence-electron chi connectivity index (χ3n) is 4.63. The number of hydrogen-bond donors (Lipinski definition) is 1. The summed E-state index contributed by atoms with van der Waals surface area (Å²) in [5.74, 6) is 1.01. The molecule has 1 aliphatic rings. The number of rotatable bonds is 5. The van der Waals surface area contributed by atoms with Crippen molar-refractivity contribution in [2.24, 2.45) is 0 Å². The van der Waals surface area contributed by atoms with Crippen LogP contribution in [0.15, 0.2) is 42.5 Å². The Bertz CT molecular complexity index is 781. The number of hydrogen-bond acceptors (Lipinski definition) is 4. The molecule has 0 aliphatic carbocycles. The Hall–Kier alpha value is -2.60. The van der Waals surface area contributed by atoms with Gasteiger partial charge in [0, 0.05) is 25.2 Å². The van der Waals surface area contributed by atoms with Gasteiger partial charge in [-0.3, -0.25) is 4.79 Å². The molecular weight excluding hydrogens is 335 g/mol. The van der Waals surface area contributed by atoms with Crippen LogP contribution in [-0.2, 0) is 11.2 Å². The summed E-state index contributed by atoms with van der Waals surface area (Å²) in [5, 5.41) is 3.28. The van der Waals surface area contributed by atoms with Crippen LogP contribution >= 0.6 is 0 Å². The molecule has 2 aromatic rings. The van der Waals surface area contributed by atoms with E-state index in [4.69, 9.17) is 9.47 Å². The van der Waals surface area contributed by atoms with Crippen LogP contribution in [0.3, 0.4) is 0 Å². The Morgan fingerprint density at radius 2 is 2.08 bits per heavy atom. The molecule has 0 saturated carbocycles. The zero-order chi connectivity index (χ0) is 18.5. The van der Waals surface area contributed by atoms with Gasteiger partial charge in [-0.05, 0) is 35.9 Å². The van der Waals surface area contributed by atoms with Gasteiger partial charge in [-0.25, -0.2) is 4.39 Å². The molecule has 2 aromatic carbocycles. The molecule has 3 rings (SSSR count). The molecule has 1 heterocycles. The average Bonchev–Trinajstić information content (AvgIpc) is 2.68. The number of nitrogens with one attached hydrogen (secondary N) is 1. The summed E-state index contributed by atoms with van der Waals surface area (Å²) in [6, 6.07) is 11.6. The lowest BCUT2D eigenvalue weighted by Gasteiger charge is -2.36. The maximum absolute atomic E-state index is 13.6. The Morgan fingerprint density at radius 1 is 1.23 bits per heavy atom. The van der Waals surface area contributed by atoms with Crippen LogP contribution in [0.25, 0.3) is 0 Å². The van der Waals surface area contributed by atoms with Gasteiger partial charge >= 0.3 is 0 Å². The fourth-order valence-electron chi connectivity index (χ4n) is 3.30. The van der Waals surface area contributed by atoms with Crippen molar-refractivity contribution >= 4 is 5.91 Å². The van der Waals surface area contributed by atoms with Gasteiger partial charge in [-0.1, -0.05) is 12.1 Å². The lowest BCUT2D eigenvalue weighted by molar-refractivity contribution is -0.133. The highest BCUT2D eigenvalue weighted by Crippen LogP contribution is 2.28. The van der Waals surface area contributed by atoms with Crippen molar-refractivity contribution in [1.29, 1.82) is 0 Å². The number of methoxy groups -OCH3 is 2. The van der Waals surface area contributed by atoms with E-state index >= 15 is 0 Å². The first kappa shape index (κ1) is 18.2. The summed E-state index contributed by atoms with van der Waals surface area (Å²) in [5.41, 5.74) is 1.57. The van der Waals surface area contributed by atoms with Crippen molar-refractivity contribution in [3.63, 3.8) is 0 Å². The number of carbonyl (C=O) groups is 1. The van der Waals surface area contributed by atoms with E-state index in [1.165, 1.54) is 12.1 Å². The molecule has 0 bridgehead atoms. The fourth-order valence-corrected chi connectivity index (χ4v) is 3.30. The van der Waals surface area contributed by atoms with Crippen molar-refractivity contribution < 1.29 is 18.7 Å². The number of carbonyl (C=O) groups excluding carboxylic acids is 1. The van der Waals surface area contributed by atoms with Crippen LogP contribution in [0.1, 0.15) is 17.2 Å². The molecule has 6 heteroatoms. The van der Waals surface area contributed by atoms with Gasteiger partial charge in [0.15, 0.2) is 0 Å². The van der Waals surface area contributed by atoms with E-state index in [0.717, 1.165) is 11.1 Å². The van der Waals surface area contributed by atoms with Crippen molar-refractivity contribution in [3.05, 3.63) is 59.4 Å². The molecule has 1 unspecified atom stereocenters. The molecule has 1 aliphatic heterocycles. The first-order valence-corrected chi connectivity index (χ1v) is 8.59. The molecule has 0 spiro atoms. The minimum absolute atomic E-state index is 0.0210. The Balaban J connectivity index is 1.83. The van der Waals surface area contributed by atoms with Crippen molar-refractivity contribution in [3.8, 4) is 11.5 Å². The largest absolute Gasteiger partial charge is 0.497 e. The summed E-state index contributed by atoms with van der Waals surface area (Å²) in [4.78, 5) is 14.8. The molecule has 1 N–H and O–H groups in total.